The molecule has 1 aliphatic rings. The fourth-order valence-corrected chi connectivity index (χ4v) is 3.16. The summed E-state index contributed by atoms with van der Waals surface area (Å²) >= 11 is 0. The highest BCUT2D eigenvalue weighted by Crippen LogP contribution is 2.23. The third-order valence-corrected chi connectivity index (χ3v) is 4.51. The number of nitrogens with one attached hydrogen (secondary N) is 2. The van der Waals surface area contributed by atoms with Gasteiger partial charge in [-0.2, -0.15) is 18.0 Å². The second kappa shape index (κ2) is 6.04. The lowest BCUT2D eigenvalue weighted by molar-refractivity contribution is -0.384. The zero-order valence-corrected chi connectivity index (χ0v) is 11.8. The van der Waals surface area contributed by atoms with Gasteiger partial charge in [0.2, 0.25) is 0 Å². The highest BCUT2D eigenvalue weighted by molar-refractivity contribution is 7.90. The predicted molar refractivity (Wildman–Crippen MR) is 74.8 cm³/mol. The molecule has 1 fully saturated rings. The smallest absolute Gasteiger partial charge is 0.301 e. The monoisotopic (exact) mass is 311 g/mol. The molecule has 10 heteroatoms. The Morgan fingerprint density at radius 1 is 1.38 bits per heavy atom. The fourth-order valence-electron chi connectivity index (χ4n) is 1.92. The van der Waals surface area contributed by atoms with Crippen LogP contribution < -0.4 is 10.0 Å². The lowest BCUT2D eigenvalue weighted by Gasteiger charge is -2.27. The molecule has 0 saturated carbocycles. The van der Waals surface area contributed by atoms with Gasteiger partial charge < -0.3 is 5.32 Å². The lowest BCUT2D eigenvalue weighted by atomic mass is 10.2. The molecule has 1 aromatic rings. The van der Waals surface area contributed by atoms with Gasteiger partial charge >= 0.3 is 10.2 Å². The van der Waals surface area contributed by atoms with E-state index in [0.717, 1.165) is 12.1 Å². The van der Waals surface area contributed by atoms with E-state index in [0.29, 0.717) is 26.2 Å². The number of nitro groups is 1. The highest BCUT2D eigenvalue weighted by Gasteiger charge is 2.25. The fraction of sp³-hybridized carbons (Fsp3) is 0.364. The van der Waals surface area contributed by atoms with Crippen LogP contribution in [0.2, 0.25) is 0 Å². The van der Waals surface area contributed by atoms with Crippen LogP contribution >= 0.6 is 0 Å². The summed E-state index contributed by atoms with van der Waals surface area (Å²) < 4.78 is 27.9. The van der Waals surface area contributed by atoms with Crippen molar-refractivity contribution in [3.05, 3.63) is 33.9 Å². The third-order valence-electron chi connectivity index (χ3n) is 2.99. The van der Waals surface area contributed by atoms with E-state index in [2.05, 4.69) is 10.0 Å². The van der Waals surface area contributed by atoms with Crippen molar-refractivity contribution >= 4 is 21.6 Å². The minimum atomic E-state index is -3.78. The molecule has 21 heavy (non-hydrogen) atoms. The molecule has 1 saturated heterocycles. The molecule has 0 amide bonds. The van der Waals surface area contributed by atoms with E-state index in [1.165, 1.54) is 10.4 Å². The summed E-state index contributed by atoms with van der Waals surface area (Å²) in [6, 6.07) is 5.16. The summed E-state index contributed by atoms with van der Waals surface area (Å²) in [5, 5.41) is 22.7. The first-order chi connectivity index (χ1) is 9.94. The van der Waals surface area contributed by atoms with Crippen LogP contribution in [-0.2, 0) is 10.2 Å². The minimum absolute atomic E-state index is 0.0293. The molecule has 0 aliphatic carbocycles. The number of rotatable bonds is 4. The number of non-ortho nitro benzene ring substituents is 1. The van der Waals surface area contributed by atoms with Gasteiger partial charge in [-0.3, -0.25) is 14.8 Å². The summed E-state index contributed by atoms with van der Waals surface area (Å²) in [4.78, 5) is 10.0. The molecule has 0 aromatic heterocycles. The van der Waals surface area contributed by atoms with Crippen LogP contribution in [0.1, 0.15) is 5.56 Å². The van der Waals surface area contributed by atoms with Crippen molar-refractivity contribution in [1.82, 2.24) is 9.62 Å². The number of nitriles is 1. The number of anilines is 1. The van der Waals surface area contributed by atoms with Crippen molar-refractivity contribution in [2.75, 3.05) is 30.9 Å². The number of nitrogens with zero attached hydrogens (tertiary/aromatic N) is 3. The quantitative estimate of drug-likeness (QED) is 0.596. The van der Waals surface area contributed by atoms with E-state index in [-0.39, 0.29) is 16.9 Å². The molecule has 0 bridgehead atoms. The van der Waals surface area contributed by atoms with E-state index in [9.17, 15) is 18.5 Å². The van der Waals surface area contributed by atoms with Gasteiger partial charge in [0.05, 0.1) is 16.2 Å². The number of benzene rings is 1. The Kier molecular flexibility index (Phi) is 4.37. The Labute approximate surface area is 121 Å². The van der Waals surface area contributed by atoms with E-state index in [1.54, 1.807) is 6.07 Å². The third kappa shape index (κ3) is 3.46. The SMILES string of the molecule is N#Cc1cc([N+](=O)[O-])ccc1NS(=O)(=O)N1CCNCC1. The van der Waals surface area contributed by atoms with Crippen LogP contribution in [0.5, 0.6) is 0 Å². The maximum atomic E-state index is 12.2. The molecule has 0 atom stereocenters. The van der Waals surface area contributed by atoms with E-state index < -0.39 is 15.1 Å². The summed E-state index contributed by atoms with van der Waals surface area (Å²) in [6.45, 7) is 1.74. The predicted octanol–water partition coefficient (Wildman–Crippen LogP) is 0.0284. The average Bonchev–Trinajstić information content (AvgIpc) is 2.48. The zero-order chi connectivity index (χ0) is 15.5. The molecule has 1 aromatic carbocycles. The van der Waals surface area contributed by atoms with E-state index in [1.807, 2.05) is 0 Å². The summed E-state index contributed by atoms with van der Waals surface area (Å²) in [7, 11) is -3.78. The molecule has 112 valence electrons. The van der Waals surface area contributed by atoms with Crippen molar-refractivity contribution in [3.8, 4) is 6.07 Å². The summed E-state index contributed by atoms with van der Waals surface area (Å²) in [5.41, 5.74) is -0.332. The first-order valence-electron chi connectivity index (χ1n) is 6.11. The molecular weight excluding hydrogens is 298 g/mol. The molecule has 2 N–H and O–H groups in total. The van der Waals surface area contributed by atoms with Gasteiger partial charge in [-0.15, -0.1) is 0 Å². The molecule has 0 spiro atoms. The second-order valence-electron chi connectivity index (χ2n) is 4.35. The van der Waals surface area contributed by atoms with Crippen LogP contribution in [0.3, 0.4) is 0 Å². The summed E-state index contributed by atoms with van der Waals surface area (Å²) in [5.74, 6) is 0. The van der Waals surface area contributed by atoms with Gasteiger partial charge in [-0.1, -0.05) is 0 Å². The average molecular weight is 311 g/mol. The van der Waals surface area contributed by atoms with E-state index >= 15 is 0 Å². The maximum absolute atomic E-state index is 12.2. The number of hydrogen-bond acceptors (Lipinski definition) is 6. The molecule has 0 radical (unpaired) electrons. The Morgan fingerprint density at radius 2 is 2.05 bits per heavy atom. The van der Waals surface area contributed by atoms with Crippen LogP contribution in [0.25, 0.3) is 0 Å². The van der Waals surface area contributed by atoms with Gasteiger partial charge in [0.15, 0.2) is 0 Å². The molecule has 9 nitrogen and oxygen atoms in total. The van der Waals surface area contributed by atoms with Gasteiger partial charge in [0.1, 0.15) is 6.07 Å². The van der Waals surface area contributed by atoms with Gasteiger partial charge in [-0.05, 0) is 6.07 Å². The molecule has 1 aliphatic heterocycles. The van der Waals surface area contributed by atoms with Gasteiger partial charge in [-0.25, -0.2) is 0 Å². The lowest BCUT2D eigenvalue weighted by Crippen LogP contribution is -2.48. The van der Waals surface area contributed by atoms with Crippen molar-refractivity contribution in [3.63, 3.8) is 0 Å². The Balaban J connectivity index is 2.26. The maximum Gasteiger partial charge on any atom is 0.301 e. The molecular formula is C11H13N5O4S. The highest BCUT2D eigenvalue weighted by atomic mass is 32.2. The zero-order valence-electron chi connectivity index (χ0n) is 10.9. The normalized spacial score (nSPS) is 16.1. The van der Waals surface area contributed by atoms with Crippen LogP contribution in [0.15, 0.2) is 18.2 Å². The van der Waals surface area contributed by atoms with Gasteiger partial charge in [0, 0.05) is 38.3 Å². The van der Waals surface area contributed by atoms with Crippen molar-refractivity contribution in [2.24, 2.45) is 0 Å². The number of nitro benzene ring substituents is 1. The largest absolute Gasteiger partial charge is 0.314 e. The Hall–Kier alpha value is -2.22. The number of piperazine rings is 1. The van der Waals surface area contributed by atoms with Crippen LogP contribution in [0.4, 0.5) is 11.4 Å². The minimum Gasteiger partial charge on any atom is -0.314 e. The Bertz CT molecular complexity index is 691. The second-order valence-corrected chi connectivity index (χ2v) is 6.03. The van der Waals surface area contributed by atoms with Gasteiger partial charge in [0.25, 0.3) is 5.69 Å². The Morgan fingerprint density at radius 3 is 2.62 bits per heavy atom. The van der Waals surface area contributed by atoms with Crippen molar-refractivity contribution in [1.29, 1.82) is 5.26 Å². The van der Waals surface area contributed by atoms with E-state index in [4.69, 9.17) is 5.26 Å². The number of hydrogen-bond donors (Lipinski definition) is 2. The molecule has 1 heterocycles. The first kappa shape index (κ1) is 15.2. The van der Waals surface area contributed by atoms with Crippen molar-refractivity contribution < 1.29 is 13.3 Å². The summed E-state index contributed by atoms with van der Waals surface area (Å²) in [6.07, 6.45) is 0. The topological polar surface area (TPSA) is 128 Å². The molecule has 0 unspecified atom stereocenters. The standard InChI is InChI=1S/C11H13N5O4S/c12-8-9-7-10(16(17)18)1-2-11(9)14-21(19,20)15-5-3-13-4-6-15/h1-2,7,13-14H,3-6H2. The van der Waals surface area contributed by atoms with Crippen LogP contribution in [-0.4, -0.2) is 43.8 Å². The van der Waals surface area contributed by atoms with Crippen molar-refractivity contribution in [2.45, 2.75) is 0 Å². The molecule has 2 rings (SSSR count). The first-order valence-corrected chi connectivity index (χ1v) is 7.55. The van der Waals surface area contributed by atoms with Crippen LogP contribution in [0, 0.1) is 21.4 Å².